The van der Waals surface area contributed by atoms with Gasteiger partial charge >= 0.3 is 0 Å². The van der Waals surface area contributed by atoms with Crippen molar-refractivity contribution in [2.24, 2.45) is 28.6 Å². The zero-order valence-corrected chi connectivity index (χ0v) is 21.5. The minimum Gasteiger partial charge on any atom is -0.493 e. The average molecular weight is 485 g/mol. The van der Waals surface area contributed by atoms with Gasteiger partial charge in [-0.15, -0.1) is 0 Å². The lowest BCUT2D eigenvalue weighted by molar-refractivity contribution is -0.143. The molecule has 4 rings (SSSR count). The number of nitrogens with zero attached hydrogens (tertiary/aromatic N) is 3. The molecule has 1 aromatic carbocycles. The molecule has 1 saturated carbocycles. The SMILES string of the molecule is COc1ccc(C2=NN(C3CCN(C(=O)[C@H](N)CC(C)C)CC3)C(=O)[C@@H]3CCCC[C@H]23)cc1OC. The van der Waals surface area contributed by atoms with Gasteiger partial charge in [0, 0.05) is 30.5 Å². The van der Waals surface area contributed by atoms with Gasteiger partial charge in [-0.1, -0.05) is 26.7 Å². The number of hydrogen-bond acceptors (Lipinski definition) is 6. The highest BCUT2D eigenvalue weighted by atomic mass is 16.5. The number of hydrogen-bond donors (Lipinski definition) is 1. The maximum absolute atomic E-state index is 13.6. The molecule has 2 N–H and O–H groups in total. The van der Waals surface area contributed by atoms with E-state index in [0.717, 1.165) is 37.0 Å². The van der Waals surface area contributed by atoms with Gasteiger partial charge in [0.05, 0.1) is 32.0 Å². The summed E-state index contributed by atoms with van der Waals surface area (Å²) in [6.07, 6.45) is 6.16. The molecule has 0 radical (unpaired) electrons. The molecule has 2 heterocycles. The number of ether oxygens (including phenoxy) is 2. The number of methoxy groups -OCH3 is 2. The Bertz CT molecular complexity index is 954. The molecule has 192 valence electrons. The van der Waals surface area contributed by atoms with Crippen molar-refractivity contribution in [1.82, 2.24) is 9.91 Å². The second-order valence-corrected chi connectivity index (χ2v) is 10.5. The molecule has 35 heavy (non-hydrogen) atoms. The fourth-order valence-electron chi connectivity index (χ4n) is 5.87. The molecule has 2 fully saturated rings. The van der Waals surface area contributed by atoms with Crippen LogP contribution in [0.3, 0.4) is 0 Å². The first-order valence-electron chi connectivity index (χ1n) is 13.0. The molecule has 1 aliphatic carbocycles. The Labute approximate surface area is 208 Å². The number of carbonyl (C=O) groups is 2. The smallest absolute Gasteiger partial charge is 0.246 e. The number of amides is 2. The highest BCUT2D eigenvalue weighted by Gasteiger charge is 2.44. The van der Waals surface area contributed by atoms with E-state index < -0.39 is 6.04 Å². The molecule has 2 amide bonds. The van der Waals surface area contributed by atoms with Gasteiger partial charge in [0.2, 0.25) is 11.8 Å². The maximum Gasteiger partial charge on any atom is 0.246 e. The van der Waals surface area contributed by atoms with Crippen molar-refractivity contribution in [2.45, 2.75) is 70.9 Å². The normalized spacial score (nSPS) is 24.2. The second-order valence-electron chi connectivity index (χ2n) is 10.5. The molecule has 1 saturated heterocycles. The molecule has 0 unspecified atom stereocenters. The van der Waals surface area contributed by atoms with E-state index in [1.807, 2.05) is 23.1 Å². The maximum atomic E-state index is 13.6. The van der Waals surface area contributed by atoms with Crippen molar-refractivity contribution in [3.8, 4) is 11.5 Å². The highest BCUT2D eigenvalue weighted by Crippen LogP contribution is 2.40. The van der Waals surface area contributed by atoms with Crippen LogP contribution in [0.1, 0.15) is 64.4 Å². The summed E-state index contributed by atoms with van der Waals surface area (Å²) in [5.41, 5.74) is 8.09. The summed E-state index contributed by atoms with van der Waals surface area (Å²) >= 11 is 0. The third-order valence-electron chi connectivity index (χ3n) is 7.72. The Morgan fingerprint density at radius 2 is 1.71 bits per heavy atom. The van der Waals surface area contributed by atoms with E-state index in [1.54, 1.807) is 19.2 Å². The Morgan fingerprint density at radius 3 is 2.34 bits per heavy atom. The molecule has 0 aromatic heterocycles. The lowest BCUT2D eigenvalue weighted by Gasteiger charge is -2.43. The fourth-order valence-corrected chi connectivity index (χ4v) is 5.87. The van der Waals surface area contributed by atoms with Crippen LogP contribution in [-0.2, 0) is 9.59 Å². The summed E-state index contributed by atoms with van der Waals surface area (Å²) in [7, 11) is 3.26. The van der Waals surface area contributed by atoms with Crippen LogP contribution < -0.4 is 15.2 Å². The number of rotatable bonds is 7. The zero-order valence-electron chi connectivity index (χ0n) is 21.5. The lowest BCUT2D eigenvalue weighted by Crippen LogP contribution is -2.54. The Kier molecular flexibility index (Phi) is 7.99. The van der Waals surface area contributed by atoms with Crippen LogP contribution in [0.15, 0.2) is 23.3 Å². The van der Waals surface area contributed by atoms with E-state index >= 15 is 0 Å². The zero-order chi connectivity index (χ0) is 25.1. The molecule has 8 heteroatoms. The average Bonchev–Trinajstić information content (AvgIpc) is 2.88. The molecule has 2 aliphatic heterocycles. The Balaban J connectivity index is 1.56. The van der Waals surface area contributed by atoms with Crippen LogP contribution in [0, 0.1) is 17.8 Å². The number of fused-ring (bicyclic) bond motifs is 1. The van der Waals surface area contributed by atoms with Gasteiger partial charge in [0.25, 0.3) is 0 Å². The number of likely N-dealkylation sites (tertiary alicyclic amines) is 1. The van der Waals surface area contributed by atoms with E-state index in [9.17, 15) is 9.59 Å². The quantitative estimate of drug-likeness (QED) is 0.640. The van der Waals surface area contributed by atoms with Crippen molar-refractivity contribution in [1.29, 1.82) is 0 Å². The third-order valence-corrected chi connectivity index (χ3v) is 7.72. The second kappa shape index (κ2) is 11.0. The van der Waals surface area contributed by atoms with Gasteiger partial charge in [-0.25, -0.2) is 5.01 Å². The van der Waals surface area contributed by atoms with Crippen molar-refractivity contribution < 1.29 is 19.1 Å². The summed E-state index contributed by atoms with van der Waals surface area (Å²) in [6.45, 7) is 5.37. The third kappa shape index (κ3) is 5.32. The van der Waals surface area contributed by atoms with Gasteiger partial charge in [0.1, 0.15) is 0 Å². The number of carbonyl (C=O) groups excluding carboxylic acids is 2. The standard InChI is InChI=1S/C27H40N4O4/c1-17(2)15-22(28)27(33)30-13-11-19(12-14-30)31-26(32)21-8-6-5-7-20(21)25(29-31)18-9-10-23(34-3)24(16-18)35-4/h9-10,16-17,19-22H,5-8,11-15,28H2,1-4H3/t20-,21+,22+/m0/s1. The highest BCUT2D eigenvalue weighted by molar-refractivity contribution is 6.07. The molecule has 1 aromatic rings. The molecular weight excluding hydrogens is 444 g/mol. The van der Waals surface area contributed by atoms with Gasteiger partial charge in [-0.2, -0.15) is 5.10 Å². The molecular formula is C27H40N4O4. The van der Waals surface area contributed by atoms with E-state index in [1.165, 1.54) is 0 Å². The van der Waals surface area contributed by atoms with Crippen LogP contribution in [-0.4, -0.2) is 66.8 Å². The van der Waals surface area contributed by atoms with E-state index in [4.69, 9.17) is 20.3 Å². The predicted octanol–water partition coefficient (Wildman–Crippen LogP) is 3.42. The molecule has 8 nitrogen and oxygen atoms in total. The molecule has 0 spiro atoms. The lowest BCUT2D eigenvalue weighted by atomic mass is 9.73. The molecule has 3 aliphatic rings. The minimum absolute atomic E-state index is 0.00843. The summed E-state index contributed by atoms with van der Waals surface area (Å²) in [4.78, 5) is 28.2. The topological polar surface area (TPSA) is 97.5 Å². The van der Waals surface area contributed by atoms with Crippen molar-refractivity contribution in [2.75, 3.05) is 27.3 Å². The van der Waals surface area contributed by atoms with Crippen molar-refractivity contribution in [3.05, 3.63) is 23.8 Å². The molecule has 3 atom stereocenters. The van der Waals surface area contributed by atoms with E-state index in [0.29, 0.717) is 49.8 Å². The van der Waals surface area contributed by atoms with Crippen LogP contribution in [0.25, 0.3) is 0 Å². The monoisotopic (exact) mass is 484 g/mol. The van der Waals surface area contributed by atoms with Gasteiger partial charge in [-0.3, -0.25) is 9.59 Å². The van der Waals surface area contributed by atoms with E-state index in [2.05, 4.69) is 13.8 Å². The summed E-state index contributed by atoms with van der Waals surface area (Å²) < 4.78 is 11.0. The number of piperidine rings is 1. The number of hydrazone groups is 1. The summed E-state index contributed by atoms with van der Waals surface area (Å²) in [6, 6.07) is 5.41. The van der Waals surface area contributed by atoms with E-state index in [-0.39, 0.29) is 29.7 Å². The first kappa shape index (κ1) is 25.5. The Hall–Kier alpha value is -2.61. The van der Waals surface area contributed by atoms with Gasteiger partial charge in [0.15, 0.2) is 11.5 Å². The van der Waals surface area contributed by atoms with Crippen LogP contribution >= 0.6 is 0 Å². The number of benzene rings is 1. The predicted molar refractivity (Wildman–Crippen MR) is 135 cm³/mol. The largest absolute Gasteiger partial charge is 0.493 e. The van der Waals surface area contributed by atoms with Crippen LogP contribution in [0.5, 0.6) is 11.5 Å². The first-order valence-corrected chi connectivity index (χ1v) is 13.0. The van der Waals surface area contributed by atoms with Crippen molar-refractivity contribution in [3.63, 3.8) is 0 Å². The summed E-state index contributed by atoms with van der Waals surface area (Å²) in [5.74, 6) is 1.96. The van der Waals surface area contributed by atoms with Crippen molar-refractivity contribution >= 4 is 17.5 Å². The number of nitrogens with two attached hydrogens (primary N) is 1. The van der Waals surface area contributed by atoms with Gasteiger partial charge < -0.3 is 20.1 Å². The fraction of sp³-hybridized carbons (Fsp3) is 0.667. The van der Waals surface area contributed by atoms with Crippen LogP contribution in [0.4, 0.5) is 0 Å². The summed E-state index contributed by atoms with van der Waals surface area (Å²) in [5, 5.41) is 6.74. The minimum atomic E-state index is -0.458. The Morgan fingerprint density at radius 1 is 1.06 bits per heavy atom. The van der Waals surface area contributed by atoms with Crippen LogP contribution in [0.2, 0.25) is 0 Å². The molecule has 0 bridgehead atoms. The van der Waals surface area contributed by atoms with Gasteiger partial charge in [-0.05, 0) is 56.2 Å². The first-order chi connectivity index (χ1) is 16.8.